The molecule has 0 radical (unpaired) electrons. The van der Waals surface area contributed by atoms with Gasteiger partial charge in [0.1, 0.15) is 0 Å². The first-order valence-corrected chi connectivity index (χ1v) is 6.48. The Morgan fingerprint density at radius 2 is 2.00 bits per heavy atom. The van der Waals surface area contributed by atoms with Gasteiger partial charge in [0, 0.05) is 18.1 Å². The van der Waals surface area contributed by atoms with E-state index >= 15 is 0 Å². The van der Waals surface area contributed by atoms with E-state index in [0.717, 1.165) is 6.54 Å². The minimum absolute atomic E-state index is 0.183. The third-order valence-corrected chi connectivity index (χ3v) is 3.91. The zero-order chi connectivity index (χ0) is 11.5. The van der Waals surface area contributed by atoms with E-state index in [1.54, 1.807) is 0 Å². The first kappa shape index (κ1) is 11.9. The number of hydrogen-bond acceptors (Lipinski definition) is 3. The van der Waals surface area contributed by atoms with E-state index < -0.39 is 0 Å². The van der Waals surface area contributed by atoms with E-state index in [0.29, 0.717) is 24.7 Å². The lowest BCUT2D eigenvalue weighted by Gasteiger charge is -2.38. The maximum Gasteiger partial charge on any atom is 0.231 e. The van der Waals surface area contributed by atoms with Gasteiger partial charge in [0.05, 0.1) is 6.54 Å². The highest BCUT2D eigenvalue weighted by atomic mass is 16.1. The number of primary amides is 1. The van der Waals surface area contributed by atoms with Crippen LogP contribution >= 0.6 is 0 Å². The summed E-state index contributed by atoms with van der Waals surface area (Å²) in [5.41, 5.74) is 5.29. The van der Waals surface area contributed by atoms with E-state index in [9.17, 15) is 4.79 Å². The number of hydrogen-bond donors (Lipinski definition) is 2. The van der Waals surface area contributed by atoms with Gasteiger partial charge in [-0.25, -0.2) is 0 Å². The Morgan fingerprint density at radius 1 is 1.38 bits per heavy atom. The van der Waals surface area contributed by atoms with Gasteiger partial charge in [0.25, 0.3) is 0 Å². The molecule has 0 aromatic heterocycles. The van der Waals surface area contributed by atoms with E-state index in [-0.39, 0.29) is 5.91 Å². The number of amides is 1. The number of rotatable bonds is 5. The fourth-order valence-corrected chi connectivity index (χ4v) is 3.23. The standard InChI is InChI=1S/C12H23N3O/c1-2-5-14-9-6-10-3-4-11(7-9)15(10)8-12(13)16/h9-11,14H,2-8H2,1H3,(H2,13,16). The Bertz CT molecular complexity index is 243. The fraction of sp³-hybridized carbons (Fsp3) is 0.917. The van der Waals surface area contributed by atoms with Crippen molar-refractivity contribution in [1.82, 2.24) is 10.2 Å². The Labute approximate surface area is 97.6 Å². The number of piperidine rings is 1. The molecule has 92 valence electrons. The summed E-state index contributed by atoms with van der Waals surface area (Å²) in [7, 11) is 0. The van der Waals surface area contributed by atoms with Crippen LogP contribution in [0.15, 0.2) is 0 Å². The van der Waals surface area contributed by atoms with Gasteiger partial charge >= 0.3 is 0 Å². The molecule has 2 rings (SSSR count). The van der Waals surface area contributed by atoms with Crippen LogP contribution in [0.4, 0.5) is 0 Å². The number of carbonyl (C=O) groups is 1. The van der Waals surface area contributed by atoms with Crippen LogP contribution in [0.2, 0.25) is 0 Å². The number of carbonyl (C=O) groups excluding carboxylic acids is 1. The van der Waals surface area contributed by atoms with E-state index in [4.69, 9.17) is 5.73 Å². The van der Waals surface area contributed by atoms with Crippen molar-refractivity contribution in [2.75, 3.05) is 13.1 Å². The van der Waals surface area contributed by atoms with Gasteiger partial charge in [-0.15, -0.1) is 0 Å². The maximum absolute atomic E-state index is 11.0. The molecule has 16 heavy (non-hydrogen) atoms. The second-order valence-electron chi connectivity index (χ2n) is 5.15. The zero-order valence-electron chi connectivity index (χ0n) is 10.1. The molecule has 0 aromatic rings. The second kappa shape index (κ2) is 5.15. The maximum atomic E-state index is 11.0. The molecule has 2 bridgehead atoms. The van der Waals surface area contributed by atoms with Crippen LogP contribution < -0.4 is 11.1 Å². The van der Waals surface area contributed by atoms with E-state index in [1.807, 2.05) is 0 Å². The predicted molar refractivity (Wildman–Crippen MR) is 64.0 cm³/mol. The minimum atomic E-state index is -0.183. The SMILES string of the molecule is CCCNC1CC2CCC(C1)N2CC(N)=O. The number of nitrogens with one attached hydrogen (secondary N) is 1. The first-order valence-electron chi connectivity index (χ1n) is 6.48. The summed E-state index contributed by atoms with van der Waals surface area (Å²) in [5.74, 6) is -0.183. The summed E-state index contributed by atoms with van der Waals surface area (Å²) in [6.45, 7) is 3.76. The smallest absolute Gasteiger partial charge is 0.231 e. The van der Waals surface area contributed by atoms with Gasteiger partial charge in [-0.2, -0.15) is 0 Å². The van der Waals surface area contributed by atoms with Crippen molar-refractivity contribution in [3.63, 3.8) is 0 Å². The van der Waals surface area contributed by atoms with Crippen LogP contribution in [0.1, 0.15) is 39.0 Å². The average Bonchev–Trinajstić information content (AvgIpc) is 2.50. The van der Waals surface area contributed by atoms with Gasteiger partial charge in [-0.1, -0.05) is 6.92 Å². The lowest BCUT2D eigenvalue weighted by atomic mass is 9.97. The fourth-order valence-electron chi connectivity index (χ4n) is 3.23. The normalized spacial score (nSPS) is 34.2. The summed E-state index contributed by atoms with van der Waals surface area (Å²) in [6.07, 6.45) is 6.04. The average molecular weight is 225 g/mol. The summed E-state index contributed by atoms with van der Waals surface area (Å²) in [5, 5.41) is 3.60. The zero-order valence-corrected chi connectivity index (χ0v) is 10.1. The molecule has 4 nitrogen and oxygen atoms in total. The van der Waals surface area contributed by atoms with Crippen molar-refractivity contribution in [3.05, 3.63) is 0 Å². The van der Waals surface area contributed by atoms with Gasteiger partial charge in [0.2, 0.25) is 5.91 Å². The third kappa shape index (κ3) is 2.55. The quantitative estimate of drug-likeness (QED) is 0.715. The van der Waals surface area contributed by atoms with Crippen molar-refractivity contribution in [3.8, 4) is 0 Å². The lowest BCUT2D eigenvalue weighted by Crippen LogP contribution is -2.51. The largest absolute Gasteiger partial charge is 0.369 e. The molecule has 0 aromatic carbocycles. The van der Waals surface area contributed by atoms with Gasteiger partial charge in [-0.05, 0) is 38.6 Å². The summed E-state index contributed by atoms with van der Waals surface area (Å²) in [4.78, 5) is 13.3. The Balaban J connectivity index is 1.88. The van der Waals surface area contributed by atoms with Crippen LogP contribution in [0.25, 0.3) is 0 Å². The summed E-state index contributed by atoms with van der Waals surface area (Å²) < 4.78 is 0. The monoisotopic (exact) mass is 225 g/mol. The molecular weight excluding hydrogens is 202 g/mol. The van der Waals surface area contributed by atoms with Crippen molar-refractivity contribution >= 4 is 5.91 Å². The molecule has 0 aliphatic carbocycles. The van der Waals surface area contributed by atoms with Crippen molar-refractivity contribution in [1.29, 1.82) is 0 Å². The summed E-state index contributed by atoms with van der Waals surface area (Å²) in [6, 6.07) is 1.82. The van der Waals surface area contributed by atoms with E-state index in [1.165, 1.54) is 32.1 Å². The molecule has 2 aliphatic heterocycles. The number of nitrogens with two attached hydrogens (primary N) is 1. The minimum Gasteiger partial charge on any atom is -0.369 e. The number of fused-ring (bicyclic) bond motifs is 2. The van der Waals surface area contributed by atoms with Gasteiger partial charge in [0.15, 0.2) is 0 Å². The molecule has 2 aliphatic rings. The number of nitrogens with zero attached hydrogens (tertiary/aromatic N) is 1. The predicted octanol–water partition coefficient (Wildman–Crippen LogP) is 0.467. The highest BCUT2D eigenvalue weighted by Gasteiger charge is 2.40. The third-order valence-electron chi connectivity index (χ3n) is 3.91. The molecule has 0 spiro atoms. The molecule has 1 amide bonds. The Morgan fingerprint density at radius 3 is 2.50 bits per heavy atom. The first-order chi connectivity index (χ1) is 7.70. The van der Waals surface area contributed by atoms with Crippen molar-refractivity contribution < 1.29 is 4.79 Å². The van der Waals surface area contributed by atoms with Crippen molar-refractivity contribution in [2.24, 2.45) is 5.73 Å². The molecule has 0 saturated carbocycles. The Kier molecular flexibility index (Phi) is 3.82. The molecule has 2 fully saturated rings. The highest BCUT2D eigenvalue weighted by Crippen LogP contribution is 2.35. The second-order valence-corrected chi connectivity index (χ2v) is 5.15. The molecule has 3 N–H and O–H groups in total. The van der Waals surface area contributed by atoms with Crippen LogP contribution in [0, 0.1) is 0 Å². The summed E-state index contributed by atoms with van der Waals surface area (Å²) >= 11 is 0. The Hall–Kier alpha value is -0.610. The highest BCUT2D eigenvalue weighted by molar-refractivity contribution is 5.76. The van der Waals surface area contributed by atoms with Gasteiger partial charge < -0.3 is 11.1 Å². The van der Waals surface area contributed by atoms with Crippen LogP contribution in [-0.4, -0.2) is 42.0 Å². The lowest BCUT2D eigenvalue weighted by molar-refractivity contribution is -0.120. The molecular formula is C12H23N3O. The molecule has 4 heteroatoms. The van der Waals surface area contributed by atoms with Crippen LogP contribution in [0.3, 0.4) is 0 Å². The van der Waals surface area contributed by atoms with Crippen LogP contribution in [0.5, 0.6) is 0 Å². The van der Waals surface area contributed by atoms with Crippen molar-refractivity contribution in [2.45, 2.75) is 57.2 Å². The van der Waals surface area contributed by atoms with E-state index in [2.05, 4.69) is 17.1 Å². The molecule has 2 saturated heterocycles. The molecule has 2 heterocycles. The molecule has 2 atom stereocenters. The molecule has 2 unspecified atom stereocenters. The van der Waals surface area contributed by atoms with Gasteiger partial charge in [-0.3, -0.25) is 9.69 Å². The van der Waals surface area contributed by atoms with Crippen LogP contribution in [-0.2, 0) is 4.79 Å². The topological polar surface area (TPSA) is 58.4 Å².